The second-order valence-electron chi connectivity index (χ2n) is 10.1. The first kappa shape index (κ1) is 19.5. The Hall–Kier alpha value is -3.97. The molecule has 0 atom stereocenters. The first-order valence-electron chi connectivity index (χ1n) is 12.0. The summed E-state index contributed by atoms with van der Waals surface area (Å²) in [5, 5.41) is 7.98. The Morgan fingerprint density at radius 1 is 0.559 bits per heavy atom. The van der Waals surface area contributed by atoms with E-state index in [1.165, 1.54) is 65.7 Å². The zero-order valence-corrected chi connectivity index (χ0v) is 19.7. The molecule has 0 unspecified atom stereocenters. The number of aryl methyl sites for hydroxylation is 1. The SMILES string of the molecule is Cc1ccnc(-c2ccc3c(c2)C(C)(C)c2cc4c5ccccc5c5ccccc5c4cc2-3)c1. The molecule has 0 spiro atoms. The molecule has 0 amide bonds. The van der Waals surface area contributed by atoms with Gasteiger partial charge in [0.2, 0.25) is 0 Å². The van der Waals surface area contributed by atoms with Crippen LogP contribution in [0.15, 0.2) is 97.2 Å². The molecule has 1 heteroatoms. The fourth-order valence-corrected chi connectivity index (χ4v) is 5.99. The van der Waals surface area contributed by atoms with E-state index < -0.39 is 0 Å². The van der Waals surface area contributed by atoms with Crippen LogP contribution in [0.4, 0.5) is 0 Å². The molecule has 34 heavy (non-hydrogen) atoms. The van der Waals surface area contributed by atoms with E-state index in [2.05, 4.69) is 117 Å². The molecule has 1 heterocycles. The van der Waals surface area contributed by atoms with E-state index in [1.807, 2.05) is 6.20 Å². The van der Waals surface area contributed by atoms with Crippen LogP contribution < -0.4 is 0 Å². The number of aromatic nitrogens is 1. The Labute approximate surface area is 199 Å². The molecular formula is C33H25N. The Morgan fingerprint density at radius 2 is 1.15 bits per heavy atom. The van der Waals surface area contributed by atoms with Crippen molar-refractivity contribution >= 4 is 32.3 Å². The van der Waals surface area contributed by atoms with Gasteiger partial charge >= 0.3 is 0 Å². The van der Waals surface area contributed by atoms with Gasteiger partial charge < -0.3 is 0 Å². The zero-order valence-electron chi connectivity index (χ0n) is 19.7. The second kappa shape index (κ2) is 6.77. The van der Waals surface area contributed by atoms with Crippen molar-refractivity contribution in [2.45, 2.75) is 26.2 Å². The molecule has 0 aliphatic heterocycles. The lowest BCUT2D eigenvalue weighted by atomic mass is 9.80. The fraction of sp³-hybridized carbons (Fsp3) is 0.121. The molecule has 1 nitrogen and oxygen atoms in total. The topological polar surface area (TPSA) is 12.9 Å². The molecule has 5 aromatic carbocycles. The third-order valence-corrected chi connectivity index (χ3v) is 7.75. The van der Waals surface area contributed by atoms with Gasteiger partial charge in [0.05, 0.1) is 5.69 Å². The van der Waals surface area contributed by atoms with E-state index >= 15 is 0 Å². The second-order valence-corrected chi connectivity index (χ2v) is 10.1. The number of nitrogens with zero attached hydrogens (tertiary/aromatic N) is 1. The minimum Gasteiger partial charge on any atom is -0.256 e. The molecule has 1 aliphatic carbocycles. The average molecular weight is 436 g/mol. The van der Waals surface area contributed by atoms with Gasteiger partial charge in [-0.05, 0) is 97.4 Å². The number of fused-ring (bicyclic) bond motifs is 9. The highest BCUT2D eigenvalue weighted by Gasteiger charge is 2.36. The minimum atomic E-state index is -0.0779. The van der Waals surface area contributed by atoms with Crippen LogP contribution in [-0.4, -0.2) is 4.98 Å². The van der Waals surface area contributed by atoms with Gasteiger partial charge in [-0.25, -0.2) is 0 Å². The largest absolute Gasteiger partial charge is 0.256 e. The summed E-state index contributed by atoms with van der Waals surface area (Å²) in [4.78, 5) is 4.65. The van der Waals surface area contributed by atoms with Gasteiger partial charge in [-0.2, -0.15) is 0 Å². The van der Waals surface area contributed by atoms with Crippen molar-refractivity contribution in [2.75, 3.05) is 0 Å². The Kier molecular flexibility index (Phi) is 3.88. The van der Waals surface area contributed by atoms with E-state index in [4.69, 9.17) is 0 Å². The van der Waals surface area contributed by atoms with Crippen molar-refractivity contribution < 1.29 is 0 Å². The standard InChI is InChI=1S/C33H25N/c1-20-14-15-34-32(16-20)21-12-13-26-29-18-27-24-10-6-4-8-22(24)23-9-5-7-11-25(23)28(27)19-31(29)33(2,3)30(26)17-21/h4-19H,1-3H3. The van der Waals surface area contributed by atoms with Gasteiger partial charge in [0.15, 0.2) is 0 Å². The van der Waals surface area contributed by atoms with E-state index in [0.717, 1.165) is 5.69 Å². The highest BCUT2D eigenvalue weighted by molar-refractivity contribution is 6.26. The highest BCUT2D eigenvalue weighted by Crippen LogP contribution is 2.52. The monoisotopic (exact) mass is 435 g/mol. The third-order valence-electron chi connectivity index (χ3n) is 7.75. The van der Waals surface area contributed by atoms with Gasteiger partial charge in [-0.15, -0.1) is 0 Å². The van der Waals surface area contributed by atoms with E-state index in [0.29, 0.717) is 0 Å². The van der Waals surface area contributed by atoms with Crippen LogP contribution in [0.5, 0.6) is 0 Å². The van der Waals surface area contributed by atoms with Crippen LogP contribution in [-0.2, 0) is 5.41 Å². The Bertz CT molecular complexity index is 1790. The van der Waals surface area contributed by atoms with E-state index in [9.17, 15) is 0 Å². The van der Waals surface area contributed by atoms with Gasteiger partial charge in [0, 0.05) is 17.2 Å². The average Bonchev–Trinajstić information content (AvgIpc) is 3.09. The summed E-state index contributed by atoms with van der Waals surface area (Å²) in [5.41, 5.74) is 8.87. The van der Waals surface area contributed by atoms with Crippen molar-refractivity contribution in [1.82, 2.24) is 4.98 Å². The van der Waals surface area contributed by atoms with Crippen molar-refractivity contribution in [2.24, 2.45) is 0 Å². The molecule has 0 radical (unpaired) electrons. The zero-order chi connectivity index (χ0) is 23.0. The first-order valence-corrected chi connectivity index (χ1v) is 12.0. The van der Waals surface area contributed by atoms with Crippen LogP contribution in [0.25, 0.3) is 54.7 Å². The van der Waals surface area contributed by atoms with Crippen molar-refractivity contribution in [3.63, 3.8) is 0 Å². The molecule has 0 fully saturated rings. The number of hydrogen-bond acceptors (Lipinski definition) is 1. The lowest BCUT2D eigenvalue weighted by Gasteiger charge is -2.23. The summed E-state index contributed by atoms with van der Waals surface area (Å²) in [7, 11) is 0. The van der Waals surface area contributed by atoms with Crippen LogP contribution in [0.3, 0.4) is 0 Å². The maximum Gasteiger partial charge on any atom is 0.0704 e. The lowest BCUT2D eigenvalue weighted by Crippen LogP contribution is -2.15. The van der Waals surface area contributed by atoms with Gasteiger partial charge in [0.1, 0.15) is 0 Å². The smallest absolute Gasteiger partial charge is 0.0704 e. The predicted molar refractivity (Wildman–Crippen MR) is 144 cm³/mol. The normalized spacial score (nSPS) is 14.0. The fourth-order valence-electron chi connectivity index (χ4n) is 5.99. The molecule has 0 saturated heterocycles. The van der Waals surface area contributed by atoms with Crippen LogP contribution in [0.1, 0.15) is 30.5 Å². The molecule has 0 N–H and O–H groups in total. The third kappa shape index (κ3) is 2.58. The highest BCUT2D eigenvalue weighted by atomic mass is 14.7. The van der Waals surface area contributed by atoms with Gasteiger partial charge in [-0.1, -0.05) is 74.5 Å². The van der Waals surface area contributed by atoms with Crippen molar-refractivity contribution in [3.05, 3.63) is 114 Å². The molecule has 1 aliphatic rings. The number of rotatable bonds is 1. The Morgan fingerprint density at radius 3 is 1.79 bits per heavy atom. The molecule has 7 rings (SSSR count). The summed E-state index contributed by atoms with van der Waals surface area (Å²) < 4.78 is 0. The summed E-state index contributed by atoms with van der Waals surface area (Å²) in [6, 6.07) is 33.7. The maximum atomic E-state index is 4.65. The summed E-state index contributed by atoms with van der Waals surface area (Å²) in [6.45, 7) is 6.85. The number of benzene rings is 5. The number of hydrogen-bond donors (Lipinski definition) is 0. The maximum absolute atomic E-state index is 4.65. The molecule has 6 aromatic rings. The van der Waals surface area contributed by atoms with Crippen LogP contribution >= 0.6 is 0 Å². The molecule has 162 valence electrons. The summed E-state index contributed by atoms with van der Waals surface area (Å²) >= 11 is 0. The molecule has 1 aromatic heterocycles. The molecule has 0 saturated carbocycles. The van der Waals surface area contributed by atoms with Crippen molar-refractivity contribution in [3.8, 4) is 22.4 Å². The number of pyridine rings is 1. The van der Waals surface area contributed by atoms with Crippen LogP contribution in [0.2, 0.25) is 0 Å². The minimum absolute atomic E-state index is 0.0779. The van der Waals surface area contributed by atoms with Gasteiger partial charge in [-0.3, -0.25) is 4.98 Å². The van der Waals surface area contributed by atoms with E-state index in [-0.39, 0.29) is 5.41 Å². The predicted octanol–water partition coefficient (Wildman–Crippen LogP) is 8.82. The quantitative estimate of drug-likeness (QED) is 0.235. The van der Waals surface area contributed by atoms with E-state index in [1.54, 1.807) is 0 Å². The first-order chi connectivity index (χ1) is 16.5. The van der Waals surface area contributed by atoms with Crippen molar-refractivity contribution in [1.29, 1.82) is 0 Å². The summed E-state index contributed by atoms with van der Waals surface area (Å²) in [6.07, 6.45) is 1.90. The lowest BCUT2D eigenvalue weighted by molar-refractivity contribution is 0.661. The molecular weight excluding hydrogens is 410 g/mol. The van der Waals surface area contributed by atoms with Crippen LogP contribution in [0, 0.1) is 6.92 Å². The summed E-state index contributed by atoms with van der Waals surface area (Å²) in [5.74, 6) is 0. The van der Waals surface area contributed by atoms with Gasteiger partial charge in [0.25, 0.3) is 0 Å². The molecule has 0 bridgehead atoms. The Balaban J connectivity index is 1.55.